The van der Waals surface area contributed by atoms with Crippen LogP contribution >= 0.6 is 22.6 Å². The lowest BCUT2D eigenvalue weighted by Gasteiger charge is -2.45. The van der Waals surface area contributed by atoms with Crippen molar-refractivity contribution in [3.8, 4) is 0 Å². The minimum Gasteiger partial charge on any atom is -0.466 e. The maximum atomic E-state index is 13.7. The fourth-order valence-corrected chi connectivity index (χ4v) is 5.70. The van der Waals surface area contributed by atoms with E-state index in [4.69, 9.17) is 14.2 Å². The molecule has 1 aromatic rings. The van der Waals surface area contributed by atoms with Crippen LogP contribution in [0.2, 0.25) is 0 Å². The van der Waals surface area contributed by atoms with Gasteiger partial charge in [0.25, 0.3) is 0 Å². The standard InChI is InChI=1S/C21H28INO6S/c1-6-17(22)14-23(30(25,26)18-10-7-15(2)8-11-18)19-12-9-16(20(24)27-3)13-21(19,28-4)29-5/h6-11,19H,12-14H2,1-5H3/b17-6-. The van der Waals surface area contributed by atoms with Gasteiger partial charge in [0.2, 0.25) is 10.0 Å². The first-order valence-electron chi connectivity index (χ1n) is 9.42. The van der Waals surface area contributed by atoms with Gasteiger partial charge < -0.3 is 14.2 Å². The number of rotatable bonds is 8. The van der Waals surface area contributed by atoms with E-state index in [0.717, 1.165) is 9.14 Å². The molecule has 0 heterocycles. The maximum Gasteiger partial charge on any atom is 0.333 e. The molecule has 7 nitrogen and oxygen atoms in total. The Kier molecular flexibility index (Phi) is 8.63. The van der Waals surface area contributed by atoms with Crippen molar-refractivity contribution in [3.05, 3.63) is 51.1 Å². The van der Waals surface area contributed by atoms with Gasteiger partial charge in [-0.3, -0.25) is 0 Å². The monoisotopic (exact) mass is 549 g/mol. The van der Waals surface area contributed by atoms with Gasteiger partial charge >= 0.3 is 5.97 Å². The van der Waals surface area contributed by atoms with Gasteiger partial charge in [0.1, 0.15) is 0 Å². The van der Waals surface area contributed by atoms with Gasteiger partial charge in [-0.25, -0.2) is 13.2 Å². The molecule has 1 aliphatic carbocycles. The topological polar surface area (TPSA) is 82.1 Å². The molecule has 1 aliphatic rings. The van der Waals surface area contributed by atoms with E-state index in [-0.39, 0.29) is 24.3 Å². The molecule has 1 unspecified atom stereocenters. The van der Waals surface area contributed by atoms with Gasteiger partial charge in [-0.1, -0.05) is 29.8 Å². The summed E-state index contributed by atoms with van der Waals surface area (Å²) < 4.78 is 45.8. The van der Waals surface area contributed by atoms with Gasteiger partial charge in [0.05, 0.1) is 18.0 Å². The number of carbonyl (C=O) groups is 1. The van der Waals surface area contributed by atoms with Crippen LogP contribution in [0, 0.1) is 6.92 Å². The lowest BCUT2D eigenvalue weighted by molar-refractivity contribution is -0.237. The van der Waals surface area contributed by atoms with Gasteiger partial charge in [0, 0.05) is 36.3 Å². The van der Waals surface area contributed by atoms with E-state index in [0.29, 0.717) is 5.57 Å². The fourth-order valence-electron chi connectivity index (χ4n) is 3.46. The van der Waals surface area contributed by atoms with Crippen LogP contribution in [-0.2, 0) is 29.0 Å². The van der Waals surface area contributed by atoms with E-state index >= 15 is 0 Å². The molecular formula is C21H28INO6S. The summed E-state index contributed by atoms with van der Waals surface area (Å²) >= 11 is 2.12. The van der Waals surface area contributed by atoms with E-state index < -0.39 is 27.8 Å². The molecule has 30 heavy (non-hydrogen) atoms. The molecule has 0 spiro atoms. The lowest BCUT2D eigenvalue weighted by Crippen LogP contribution is -2.58. The van der Waals surface area contributed by atoms with Crippen LogP contribution in [0.25, 0.3) is 0 Å². The number of sulfonamides is 1. The largest absolute Gasteiger partial charge is 0.466 e. The van der Waals surface area contributed by atoms with Crippen LogP contribution in [0.15, 0.2) is 50.5 Å². The highest BCUT2D eigenvalue weighted by Gasteiger charge is 2.50. The number of esters is 1. The summed E-state index contributed by atoms with van der Waals surface area (Å²) in [5, 5.41) is 0. The molecule has 0 amide bonds. The van der Waals surface area contributed by atoms with Gasteiger partial charge in [-0.05, 0) is 55.0 Å². The minimum atomic E-state index is -3.87. The maximum absolute atomic E-state index is 13.7. The van der Waals surface area contributed by atoms with E-state index in [2.05, 4.69) is 22.6 Å². The van der Waals surface area contributed by atoms with E-state index in [1.807, 2.05) is 19.9 Å². The summed E-state index contributed by atoms with van der Waals surface area (Å²) in [6.45, 7) is 3.92. The van der Waals surface area contributed by atoms with Gasteiger partial charge in [-0.2, -0.15) is 4.31 Å². The Labute approximate surface area is 192 Å². The Balaban J connectivity index is 2.60. The molecule has 0 fully saturated rings. The molecule has 0 aliphatic heterocycles. The molecule has 0 saturated carbocycles. The van der Waals surface area contributed by atoms with E-state index in [1.54, 1.807) is 30.3 Å². The van der Waals surface area contributed by atoms with Gasteiger partial charge in [-0.15, -0.1) is 0 Å². The molecule has 1 atom stereocenters. The molecule has 0 N–H and O–H groups in total. The summed E-state index contributed by atoms with van der Waals surface area (Å²) in [7, 11) is 0.335. The number of benzene rings is 1. The summed E-state index contributed by atoms with van der Waals surface area (Å²) in [5.74, 6) is -1.82. The summed E-state index contributed by atoms with van der Waals surface area (Å²) in [5.41, 5.74) is 1.36. The number of ether oxygens (including phenoxy) is 3. The molecule has 9 heteroatoms. The van der Waals surface area contributed by atoms with Crippen molar-refractivity contribution in [3.63, 3.8) is 0 Å². The molecule has 2 rings (SSSR count). The van der Waals surface area contributed by atoms with E-state index in [1.165, 1.54) is 25.6 Å². The summed E-state index contributed by atoms with van der Waals surface area (Å²) in [4.78, 5) is 12.3. The van der Waals surface area contributed by atoms with Crippen LogP contribution in [0.4, 0.5) is 0 Å². The number of nitrogens with zero attached hydrogens (tertiary/aromatic N) is 1. The second-order valence-electron chi connectivity index (χ2n) is 6.97. The van der Waals surface area contributed by atoms with Crippen molar-refractivity contribution >= 4 is 38.6 Å². The third kappa shape index (κ3) is 5.13. The van der Waals surface area contributed by atoms with Crippen LogP contribution < -0.4 is 0 Å². The number of allylic oxidation sites excluding steroid dienone is 1. The zero-order chi connectivity index (χ0) is 22.5. The fraction of sp³-hybridized carbons (Fsp3) is 0.476. The smallest absolute Gasteiger partial charge is 0.333 e. The first-order chi connectivity index (χ1) is 14.1. The number of methoxy groups -OCH3 is 3. The Bertz CT molecular complexity index is 919. The second-order valence-corrected chi connectivity index (χ2v) is 10.2. The molecule has 0 saturated heterocycles. The minimum absolute atomic E-state index is 0.0731. The van der Waals surface area contributed by atoms with Crippen molar-refractivity contribution in [2.45, 2.75) is 43.4 Å². The van der Waals surface area contributed by atoms with Crippen LogP contribution in [0.3, 0.4) is 0 Å². The number of hydrogen-bond donors (Lipinski definition) is 0. The molecule has 166 valence electrons. The third-order valence-electron chi connectivity index (χ3n) is 5.27. The van der Waals surface area contributed by atoms with Crippen LogP contribution in [0.5, 0.6) is 0 Å². The van der Waals surface area contributed by atoms with Crippen molar-refractivity contribution in [1.29, 1.82) is 0 Å². The van der Waals surface area contributed by atoms with Crippen molar-refractivity contribution < 1.29 is 27.4 Å². The Morgan fingerprint density at radius 2 is 1.83 bits per heavy atom. The highest BCUT2D eigenvalue weighted by atomic mass is 127. The highest BCUT2D eigenvalue weighted by molar-refractivity contribution is 14.1. The Morgan fingerprint density at radius 3 is 2.33 bits per heavy atom. The quantitative estimate of drug-likeness (QED) is 0.280. The predicted molar refractivity (Wildman–Crippen MR) is 123 cm³/mol. The summed E-state index contributed by atoms with van der Waals surface area (Å²) in [6, 6.07) is 6.04. The zero-order valence-electron chi connectivity index (χ0n) is 17.8. The lowest BCUT2D eigenvalue weighted by atomic mass is 9.88. The first-order valence-corrected chi connectivity index (χ1v) is 11.9. The zero-order valence-corrected chi connectivity index (χ0v) is 20.8. The number of carbonyl (C=O) groups excluding carboxylic acids is 1. The van der Waals surface area contributed by atoms with Crippen molar-refractivity contribution in [1.82, 2.24) is 4.31 Å². The molecule has 0 radical (unpaired) electrons. The third-order valence-corrected chi connectivity index (χ3v) is 8.10. The normalized spacial score (nSPS) is 19.5. The predicted octanol–water partition coefficient (Wildman–Crippen LogP) is 3.58. The van der Waals surface area contributed by atoms with E-state index in [9.17, 15) is 13.2 Å². The average molecular weight is 549 g/mol. The van der Waals surface area contributed by atoms with Gasteiger partial charge in [0.15, 0.2) is 5.79 Å². The average Bonchev–Trinajstić information content (AvgIpc) is 2.76. The second kappa shape index (κ2) is 10.4. The SMILES string of the molecule is C/C=C(\I)CN(C1CC=C(C(=O)OC)CC1(OC)OC)S(=O)(=O)c1ccc(C)cc1. The molecular weight excluding hydrogens is 521 g/mol. The highest BCUT2D eigenvalue weighted by Crippen LogP contribution is 2.39. The first kappa shape index (κ1) is 25.0. The molecule has 1 aromatic carbocycles. The van der Waals surface area contributed by atoms with Crippen LogP contribution in [-0.4, -0.2) is 58.4 Å². The number of halogens is 1. The Hall–Kier alpha value is -1.27. The van der Waals surface area contributed by atoms with Crippen molar-refractivity contribution in [2.24, 2.45) is 0 Å². The van der Waals surface area contributed by atoms with Crippen LogP contribution in [0.1, 0.15) is 25.3 Å². The number of hydrogen-bond acceptors (Lipinski definition) is 6. The Morgan fingerprint density at radius 1 is 1.23 bits per heavy atom. The molecule has 0 aromatic heterocycles. The number of aryl methyl sites for hydroxylation is 1. The molecule has 0 bridgehead atoms. The summed E-state index contributed by atoms with van der Waals surface area (Å²) in [6.07, 6.45) is 3.87. The van der Waals surface area contributed by atoms with Crippen molar-refractivity contribution in [2.75, 3.05) is 27.9 Å².